The van der Waals surface area contributed by atoms with E-state index in [1.807, 2.05) is 12.1 Å². The van der Waals surface area contributed by atoms with Gasteiger partial charge in [-0.2, -0.15) is 0 Å². The Labute approximate surface area is 110 Å². The molecule has 1 N–H and O–H groups in total. The van der Waals surface area contributed by atoms with Crippen molar-refractivity contribution in [1.29, 1.82) is 0 Å². The van der Waals surface area contributed by atoms with Crippen LogP contribution in [-0.2, 0) is 13.0 Å². The van der Waals surface area contributed by atoms with E-state index in [9.17, 15) is 10.1 Å². The van der Waals surface area contributed by atoms with Gasteiger partial charge in [0.1, 0.15) is 5.82 Å². The highest BCUT2D eigenvalue weighted by atomic mass is 16.6. The van der Waals surface area contributed by atoms with Gasteiger partial charge in [0, 0.05) is 18.5 Å². The maximum absolute atomic E-state index is 10.7. The van der Waals surface area contributed by atoms with Crippen molar-refractivity contribution in [3.8, 4) is 0 Å². The van der Waals surface area contributed by atoms with Gasteiger partial charge in [0.05, 0.1) is 23.2 Å². The van der Waals surface area contributed by atoms with Gasteiger partial charge in [0.15, 0.2) is 0 Å². The highest BCUT2D eigenvalue weighted by Crippen LogP contribution is 2.15. The summed E-state index contributed by atoms with van der Waals surface area (Å²) in [6, 6.07) is 6.69. The van der Waals surface area contributed by atoms with Crippen LogP contribution in [0.5, 0.6) is 0 Å². The van der Waals surface area contributed by atoms with E-state index in [2.05, 4.69) is 22.2 Å². The number of aryl methyl sites for hydroxylation is 1. The van der Waals surface area contributed by atoms with Crippen LogP contribution in [0.25, 0.3) is 0 Å². The van der Waals surface area contributed by atoms with Gasteiger partial charge >= 0.3 is 0 Å². The molecule has 2 rings (SSSR count). The van der Waals surface area contributed by atoms with E-state index in [-0.39, 0.29) is 5.69 Å². The summed E-state index contributed by atoms with van der Waals surface area (Å²) in [4.78, 5) is 18.6. The fourth-order valence-corrected chi connectivity index (χ4v) is 1.76. The molecule has 0 atom stereocenters. The van der Waals surface area contributed by atoms with E-state index in [0.717, 1.165) is 17.7 Å². The van der Waals surface area contributed by atoms with E-state index in [1.165, 1.54) is 18.3 Å². The fraction of sp³-hybridized carbons (Fsp3) is 0.231. The number of nitrogens with zero attached hydrogens (tertiary/aromatic N) is 3. The standard InChI is InChI=1S/C13H14N4O2/c1-2-10-4-3-6-14-12(10)9-16-13-8-11(17(18)19)5-7-15-13/h3-8H,2,9H2,1H3,(H,15,16). The second-order valence-corrected chi connectivity index (χ2v) is 3.97. The third-order valence-electron chi connectivity index (χ3n) is 2.76. The summed E-state index contributed by atoms with van der Waals surface area (Å²) in [5.74, 6) is 0.474. The van der Waals surface area contributed by atoms with Crippen molar-refractivity contribution < 1.29 is 4.92 Å². The average molecular weight is 258 g/mol. The largest absolute Gasteiger partial charge is 0.364 e. The smallest absolute Gasteiger partial charge is 0.274 e. The molecule has 0 spiro atoms. The number of rotatable bonds is 5. The average Bonchev–Trinajstić information content (AvgIpc) is 2.45. The molecule has 0 aliphatic rings. The third-order valence-corrected chi connectivity index (χ3v) is 2.76. The number of hydrogen-bond donors (Lipinski definition) is 1. The number of nitrogens with one attached hydrogen (secondary N) is 1. The maximum atomic E-state index is 10.7. The molecule has 98 valence electrons. The van der Waals surface area contributed by atoms with Crippen molar-refractivity contribution in [3.63, 3.8) is 0 Å². The molecular formula is C13H14N4O2. The summed E-state index contributed by atoms with van der Waals surface area (Å²) in [5.41, 5.74) is 2.10. The maximum Gasteiger partial charge on any atom is 0.274 e. The Morgan fingerprint density at radius 1 is 1.32 bits per heavy atom. The Kier molecular flexibility index (Phi) is 4.02. The lowest BCUT2D eigenvalue weighted by Gasteiger charge is -2.08. The molecule has 2 aromatic heterocycles. The van der Waals surface area contributed by atoms with E-state index in [0.29, 0.717) is 12.4 Å². The van der Waals surface area contributed by atoms with Crippen molar-refractivity contribution in [3.05, 3.63) is 58.0 Å². The van der Waals surface area contributed by atoms with Crippen molar-refractivity contribution in [2.75, 3.05) is 5.32 Å². The van der Waals surface area contributed by atoms with Gasteiger partial charge in [-0.25, -0.2) is 4.98 Å². The molecule has 0 saturated carbocycles. The molecule has 6 nitrogen and oxygen atoms in total. The molecule has 0 radical (unpaired) electrons. The zero-order valence-electron chi connectivity index (χ0n) is 10.5. The summed E-state index contributed by atoms with van der Waals surface area (Å²) >= 11 is 0. The summed E-state index contributed by atoms with van der Waals surface area (Å²) in [6.07, 6.45) is 4.05. The summed E-state index contributed by atoms with van der Waals surface area (Å²) < 4.78 is 0. The van der Waals surface area contributed by atoms with Gasteiger partial charge in [-0.15, -0.1) is 0 Å². The normalized spacial score (nSPS) is 10.2. The van der Waals surface area contributed by atoms with Gasteiger partial charge in [0.25, 0.3) is 5.69 Å². The Balaban J connectivity index is 2.10. The number of nitro groups is 1. The van der Waals surface area contributed by atoms with Crippen LogP contribution in [0.15, 0.2) is 36.7 Å². The molecule has 0 saturated heterocycles. The number of aromatic nitrogens is 2. The molecule has 0 fully saturated rings. The lowest BCUT2D eigenvalue weighted by molar-refractivity contribution is -0.384. The fourth-order valence-electron chi connectivity index (χ4n) is 1.76. The lowest BCUT2D eigenvalue weighted by atomic mass is 10.1. The highest BCUT2D eigenvalue weighted by molar-refractivity contribution is 5.44. The Bertz CT molecular complexity index is 586. The van der Waals surface area contributed by atoms with Crippen molar-refractivity contribution in [2.45, 2.75) is 19.9 Å². The monoisotopic (exact) mass is 258 g/mol. The minimum absolute atomic E-state index is 0.0224. The van der Waals surface area contributed by atoms with Crippen LogP contribution in [0.3, 0.4) is 0 Å². The molecule has 0 bridgehead atoms. The summed E-state index contributed by atoms with van der Waals surface area (Å²) in [5, 5.41) is 13.7. The quantitative estimate of drug-likeness (QED) is 0.658. The van der Waals surface area contributed by atoms with E-state index in [4.69, 9.17) is 0 Å². The topological polar surface area (TPSA) is 81.0 Å². The molecule has 0 aliphatic carbocycles. The van der Waals surface area contributed by atoms with E-state index < -0.39 is 4.92 Å². The number of anilines is 1. The predicted molar refractivity (Wildman–Crippen MR) is 71.8 cm³/mol. The first-order valence-electron chi connectivity index (χ1n) is 5.97. The predicted octanol–water partition coefficient (Wildman–Crippen LogP) is 2.56. The van der Waals surface area contributed by atoms with Crippen LogP contribution < -0.4 is 5.32 Å². The molecule has 0 unspecified atom stereocenters. The van der Waals surface area contributed by atoms with Crippen LogP contribution in [0.4, 0.5) is 11.5 Å². The minimum Gasteiger partial charge on any atom is -0.364 e. The van der Waals surface area contributed by atoms with Gasteiger partial charge in [-0.05, 0) is 18.1 Å². The van der Waals surface area contributed by atoms with Crippen LogP contribution >= 0.6 is 0 Å². The second-order valence-electron chi connectivity index (χ2n) is 3.97. The molecule has 0 aromatic carbocycles. The van der Waals surface area contributed by atoms with E-state index >= 15 is 0 Å². The van der Waals surface area contributed by atoms with Crippen LogP contribution in [-0.4, -0.2) is 14.9 Å². The molecule has 0 amide bonds. The Hall–Kier alpha value is -2.50. The van der Waals surface area contributed by atoms with Crippen molar-refractivity contribution in [2.24, 2.45) is 0 Å². The van der Waals surface area contributed by atoms with Gasteiger partial charge in [0.2, 0.25) is 0 Å². The van der Waals surface area contributed by atoms with Gasteiger partial charge in [-0.3, -0.25) is 15.1 Å². The highest BCUT2D eigenvalue weighted by Gasteiger charge is 2.07. The molecule has 2 aromatic rings. The van der Waals surface area contributed by atoms with Crippen LogP contribution in [0.1, 0.15) is 18.2 Å². The first-order valence-corrected chi connectivity index (χ1v) is 5.97. The van der Waals surface area contributed by atoms with Crippen LogP contribution in [0.2, 0.25) is 0 Å². The zero-order chi connectivity index (χ0) is 13.7. The third kappa shape index (κ3) is 3.25. The molecule has 2 heterocycles. The zero-order valence-corrected chi connectivity index (χ0v) is 10.5. The molecular weight excluding hydrogens is 244 g/mol. The summed E-state index contributed by atoms with van der Waals surface area (Å²) in [6.45, 7) is 2.56. The lowest BCUT2D eigenvalue weighted by Crippen LogP contribution is -2.06. The molecule has 19 heavy (non-hydrogen) atoms. The number of hydrogen-bond acceptors (Lipinski definition) is 5. The second kappa shape index (κ2) is 5.90. The minimum atomic E-state index is -0.439. The van der Waals surface area contributed by atoms with Crippen molar-refractivity contribution >= 4 is 11.5 Å². The first kappa shape index (κ1) is 12.9. The Morgan fingerprint density at radius 2 is 2.16 bits per heavy atom. The Morgan fingerprint density at radius 3 is 2.89 bits per heavy atom. The van der Waals surface area contributed by atoms with Gasteiger partial charge in [-0.1, -0.05) is 13.0 Å². The SMILES string of the molecule is CCc1cccnc1CNc1cc([N+](=O)[O-])ccn1. The molecule has 0 aliphatic heterocycles. The number of pyridine rings is 2. The van der Waals surface area contributed by atoms with Crippen LogP contribution in [0, 0.1) is 10.1 Å². The summed E-state index contributed by atoms with van der Waals surface area (Å²) in [7, 11) is 0. The van der Waals surface area contributed by atoms with E-state index in [1.54, 1.807) is 6.20 Å². The first-order chi connectivity index (χ1) is 9.20. The molecule has 6 heteroatoms. The van der Waals surface area contributed by atoms with Crippen molar-refractivity contribution in [1.82, 2.24) is 9.97 Å². The van der Waals surface area contributed by atoms with Gasteiger partial charge < -0.3 is 5.32 Å².